The molecule has 2 rings (SSSR count). The van der Waals surface area contributed by atoms with Gasteiger partial charge in [-0.2, -0.15) is 0 Å². The predicted octanol–water partition coefficient (Wildman–Crippen LogP) is 3.86. The van der Waals surface area contributed by atoms with Crippen molar-refractivity contribution in [2.75, 3.05) is 11.9 Å². The van der Waals surface area contributed by atoms with Gasteiger partial charge >= 0.3 is 0 Å². The molecular weight excluding hydrogens is 254 g/mol. The van der Waals surface area contributed by atoms with E-state index in [1.165, 1.54) is 16.9 Å². The first-order valence-corrected chi connectivity index (χ1v) is 6.59. The quantitative estimate of drug-likeness (QED) is 0.882. The summed E-state index contributed by atoms with van der Waals surface area (Å²) in [5.41, 5.74) is 2.22. The topological polar surface area (TPSA) is 32.3 Å². The number of aliphatic hydroxyl groups excluding tert-OH is 1. The van der Waals surface area contributed by atoms with Gasteiger partial charge in [0.1, 0.15) is 6.10 Å². The van der Waals surface area contributed by atoms with E-state index >= 15 is 0 Å². The summed E-state index contributed by atoms with van der Waals surface area (Å²) in [7, 11) is 0. The van der Waals surface area contributed by atoms with Crippen molar-refractivity contribution < 1.29 is 5.11 Å². The van der Waals surface area contributed by atoms with Gasteiger partial charge in [-0.15, -0.1) is 11.3 Å². The summed E-state index contributed by atoms with van der Waals surface area (Å²) in [5.74, 6) is 0. The van der Waals surface area contributed by atoms with E-state index in [9.17, 15) is 5.11 Å². The molecule has 17 heavy (non-hydrogen) atoms. The minimum absolute atomic E-state index is 0.488. The summed E-state index contributed by atoms with van der Waals surface area (Å²) in [6.07, 6.45) is -0.521. The lowest BCUT2D eigenvalue weighted by Gasteiger charge is -2.12. The maximum atomic E-state index is 9.98. The fourth-order valence-corrected chi connectivity index (χ4v) is 2.63. The van der Waals surface area contributed by atoms with Crippen molar-refractivity contribution in [1.82, 2.24) is 0 Å². The molecule has 2 N–H and O–H groups in total. The van der Waals surface area contributed by atoms with Gasteiger partial charge in [0.05, 0.1) is 4.34 Å². The van der Waals surface area contributed by atoms with Crippen LogP contribution in [0, 0.1) is 6.92 Å². The Hall–Kier alpha value is -1.03. The smallest absolute Gasteiger partial charge is 0.105 e. The first kappa shape index (κ1) is 12.4. The monoisotopic (exact) mass is 267 g/mol. The number of para-hydroxylation sites is 1. The van der Waals surface area contributed by atoms with E-state index in [1.807, 2.05) is 37.3 Å². The number of rotatable bonds is 4. The third-order valence-electron chi connectivity index (χ3n) is 2.55. The van der Waals surface area contributed by atoms with Crippen molar-refractivity contribution in [1.29, 1.82) is 0 Å². The Morgan fingerprint density at radius 3 is 2.71 bits per heavy atom. The number of hydrogen-bond donors (Lipinski definition) is 2. The van der Waals surface area contributed by atoms with Crippen LogP contribution >= 0.6 is 22.9 Å². The molecule has 0 aliphatic carbocycles. The summed E-state index contributed by atoms with van der Waals surface area (Å²) in [5, 5.41) is 13.2. The fraction of sp³-hybridized carbons (Fsp3) is 0.231. The number of benzene rings is 1. The SMILES string of the molecule is Cc1ccccc1NCC(O)c1ccc(Cl)s1. The molecular formula is C13H14ClNOS. The Labute approximate surface area is 110 Å². The molecule has 0 saturated carbocycles. The number of aliphatic hydroxyl groups is 1. The van der Waals surface area contributed by atoms with Gasteiger partial charge in [0, 0.05) is 17.1 Å². The summed E-state index contributed by atoms with van der Waals surface area (Å²) >= 11 is 7.24. The molecule has 1 heterocycles. The molecule has 0 bridgehead atoms. The van der Waals surface area contributed by atoms with Crippen LogP contribution in [0.25, 0.3) is 0 Å². The standard InChI is InChI=1S/C13H14ClNOS/c1-9-4-2-3-5-10(9)15-8-11(16)12-6-7-13(14)17-12/h2-7,11,15-16H,8H2,1H3. The number of thiophene rings is 1. The van der Waals surface area contributed by atoms with E-state index in [0.717, 1.165) is 10.6 Å². The number of hydrogen-bond acceptors (Lipinski definition) is 3. The van der Waals surface area contributed by atoms with Crippen LogP contribution in [0.3, 0.4) is 0 Å². The summed E-state index contributed by atoms with van der Waals surface area (Å²) in [6.45, 7) is 2.53. The largest absolute Gasteiger partial charge is 0.386 e. The Morgan fingerprint density at radius 2 is 2.06 bits per heavy atom. The summed E-state index contributed by atoms with van der Waals surface area (Å²) < 4.78 is 0.704. The van der Waals surface area contributed by atoms with Crippen molar-refractivity contribution >= 4 is 28.6 Å². The highest BCUT2D eigenvalue weighted by Gasteiger charge is 2.10. The van der Waals surface area contributed by atoms with E-state index in [4.69, 9.17) is 11.6 Å². The molecule has 2 nitrogen and oxygen atoms in total. The molecule has 2 aromatic rings. The zero-order chi connectivity index (χ0) is 12.3. The second-order valence-electron chi connectivity index (χ2n) is 3.85. The first-order chi connectivity index (χ1) is 8.16. The van der Waals surface area contributed by atoms with E-state index in [0.29, 0.717) is 10.9 Å². The number of nitrogens with one attached hydrogen (secondary N) is 1. The first-order valence-electron chi connectivity index (χ1n) is 5.39. The van der Waals surface area contributed by atoms with Gasteiger partial charge in [-0.1, -0.05) is 29.8 Å². The van der Waals surface area contributed by atoms with Gasteiger partial charge in [-0.3, -0.25) is 0 Å². The highest BCUT2D eigenvalue weighted by Crippen LogP contribution is 2.27. The second-order valence-corrected chi connectivity index (χ2v) is 5.60. The van der Waals surface area contributed by atoms with Crippen LogP contribution in [0.2, 0.25) is 4.34 Å². The molecule has 90 valence electrons. The van der Waals surface area contributed by atoms with Crippen molar-refractivity contribution in [2.45, 2.75) is 13.0 Å². The van der Waals surface area contributed by atoms with Crippen LogP contribution in [0.4, 0.5) is 5.69 Å². The highest BCUT2D eigenvalue weighted by atomic mass is 35.5. The summed E-state index contributed by atoms with van der Waals surface area (Å²) in [6, 6.07) is 11.7. The molecule has 0 spiro atoms. The van der Waals surface area contributed by atoms with Gasteiger partial charge < -0.3 is 10.4 Å². The minimum Gasteiger partial charge on any atom is -0.386 e. The average molecular weight is 268 g/mol. The molecule has 0 fully saturated rings. The zero-order valence-corrected chi connectivity index (χ0v) is 11.1. The molecule has 0 aliphatic rings. The van der Waals surface area contributed by atoms with E-state index in [1.54, 1.807) is 6.07 Å². The van der Waals surface area contributed by atoms with Crippen LogP contribution in [0.1, 0.15) is 16.5 Å². The van der Waals surface area contributed by atoms with Crippen molar-refractivity contribution in [3.05, 3.63) is 51.2 Å². The molecule has 1 unspecified atom stereocenters. The second kappa shape index (κ2) is 5.54. The predicted molar refractivity (Wildman–Crippen MR) is 74.0 cm³/mol. The third kappa shape index (κ3) is 3.22. The molecule has 0 aliphatic heterocycles. The van der Waals surface area contributed by atoms with Gasteiger partial charge in [0.25, 0.3) is 0 Å². The van der Waals surface area contributed by atoms with E-state index in [2.05, 4.69) is 5.32 Å². The summed E-state index contributed by atoms with van der Waals surface area (Å²) in [4.78, 5) is 0.885. The molecule has 1 aromatic carbocycles. The van der Waals surface area contributed by atoms with Crippen molar-refractivity contribution in [3.8, 4) is 0 Å². The average Bonchev–Trinajstić information content (AvgIpc) is 2.74. The lowest BCUT2D eigenvalue weighted by Crippen LogP contribution is -2.11. The van der Waals surface area contributed by atoms with Gasteiger partial charge in [0.2, 0.25) is 0 Å². The Bertz CT molecular complexity index is 498. The molecule has 0 amide bonds. The number of halogens is 1. The number of anilines is 1. The third-order valence-corrected chi connectivity index (χ3v) is 3.89. The van der Waals surface area contributed by atoms with Crippen LogP contribution < -0.4 is 5.32 Å². The fourth-order valence-electron chi connectivity index (χ4n) is 1.59. The Morgan fingerprint density at radius 1 is 1.29 bits per heavy atom. The van der Waals surface area contributed by atoms with Crippen LogP contribution in [0.15, 0.2) is 36.4 Å². The number of aryl methyl sites for hydroxylation is 1. The maximum Gasteiger partial charge on any atom is 0.105 e. The molecule has 0 saturated heterocycles. The minimum atomic E-state index is -0.521. The Kier molecular flexibility index (Phi) is 4.05. The van der Waals surface area contributed by atoms with Gasteiger partial charge in [0.15, 0.2) is 0 Å². The van der Waals surface area contributed by atoms with Crippen molar-refractivity contribution in [2.24, 2.45) is 0 Å². The van der Waals surface area contributed by atoms with Gasteiger partial charge in [-0.25, -0.2) is 0 Å². The molecule has 0 radical (unpaired) electrons. The Balaban J connectivity index is 1.97. The molecule has 1 atom stereocenters. The maximum absolute atomic E-state index is 9.98. The molecule has 1 aromatic heterocycles. The van der Waals surface area contributed by atoms with Gasteiger partial charge in [-0.05, 0) is 30.7 Å². The van der Waals surface area contributed by atoms with Crippen LogP contribution in [-0.2, 0) is 0 Å². The lowest BCUT2D eigenvalue weighted by atomic mass is 10.2. The van der Waals surface area contributed by atoms with E-state index < -0.39 is 6.10 Å². The van der Waals surface area contributed by atoms with E-state index in [-0.39, 0.29) is 0 Å². The normalized spacial score (nSPS) is 12.4. The zero-order valence-electron chi connectivity index (χ0n) is 9.48. The molecule has 4 heteroatoms. The van der Waals surface area contributed by atoms with Crippen molar-refractivity contribution in [3.63, 3.8) is 0 Å². The lowest BCUT2D eigenvalue weighted by molar-refractivity contribution is 0.195. The van der Waals surface area contributed by atoms with Crippen LogP contribution in [-0.4, -0.2) is 11.7 Å². The van der Waals surface area contributed by atoms with Crippen LogP contribution in [0.5, 0.6) is 0 Å². The highest BCUT2D eigenvalue weighted by molar-refractivity contribution is 7.16.